The Kier molecular flexibility index (Phi) is 5.72. The van der Waals surface area contributed by atoms with Gasteiger partial charge in [0.2, 0.25) is 0 Å². The van der Waals surface area contributed by atoms with Crippen LogP contribution in [0.15, 0.2) is 28.0 Å². The van der Waals surface area contributed by atoms with Crippen molar-refractivity contribution < 1.29 is 4.79 Å². The minimum absolute atomic E-state index is 0.0232. The van der Waals surface area contributed by atoms with Gasteiger partial charge in [-0.1, -0.05) is 37.0 Å². The van der Waals surface area contributed by atoms with Crippen LogP contribution in [0.4, 0.5) is 5.82 Å². The van der Waals surface area contributed by atoms with Crippen molar-refractivity contribution in [2.45, 2.75) is 46.6 Å². The van der Waals surface area contributed by atoms with Crippen molar-refractivity contribution in [3.8, 4) is 0 Å². The number of aryl methyl sites for hydroxylation is 1. The molecule has 4 rings (SSSR count). The summed E-state index contributed by atoms with van der Waals surface area (Å²) in [7, 11) is 0. The Bertz CT molecular complexity index is 1110. The molecule has 0 aliphatic carbocycles. The summed E-state index contributed by atoms with van der Waals surface area (Å²) in [5.41, 5.74) is 1.89. The Labute approximate surface area is 186 Å². The molecule has 2 saturated heterocycles. The van der Waals surface area contributed by atoms with E-state index in [1.807, 2.05) is 32.9 Å². The van der Waals surface area contributed by atoms with Gasteiger partial charge >= 0.3 is 0 Å². The van der Waals surface area contributed by atoms with Crippen LogP contribution in [0.5, 0.6) is 0 Å². The zero-order chi connectivity index (χ0) is 21.6. The molecular formula is C22H26N4O2S2. The summed E-state index contributed by atoms with van der Waals surface area (Å²) >= 11 is 6.66. The van der Waals surface area contributed by atoms with Crippen LogP contribution in [0.2, 0.25) is 0 Å². The highest BCUT2D eigenvalue weighted by molar-refractivity contribution is 8.26. The van der Waals surface area contributed by atoms with Crippen molar-refractivity contribution in [3.63, 3.8) is 0 Å². The predicted octanol–water partition coefficient (Wildman–Crippen LogP) is 3.85. The second-order valence-electron chi connectivity index (χ2n) is 8.40. The topological polar surface area (TPSA) is 57.9 Å². The molecule has 8 heteroatoms. The summed E-state index contributed by atoms with van der Waals surface area (Å²) < 4.78 is 2.10. The molecule has 1 amide bonds. The average molecular weight is 443 g/mol. The van der Waals surface area contributed by atoms with E-state index >= 15 is 0 Å². The van der Waals surface area contributed by atoms with E-state index in [4.69, 9.17) is 17.2 Å². The monoisotopic (exact) mass is 442 g/mol. The van der Waals surface area contributed by atoms with Crippen molar-refractivity contribution in [2.24, 2.45) is 5.92 Å². The van der Waals surface area contributed by atoms with Crippen molar-refractivity contribution in [2.75, 3.05) is 18.0 Å². The molecule has 6 nitrogen and oxygen atoms in total. The van der Waals surface area contributed by atoms with Crippen LogP contribution in [0, 0.1) is 12.8 Å². The number of carbonyl (C=O) groups is 1. The Morgan fingerprint density at radius 3 is 2.57 bits per heavy atom. The largest absolute Gasteiger partial charge is 0.356 e. The minimum Gasteiger partial charge on any atom is -0.356 e. The third kappa shape index (κ3) is 3.78. The summed E-state index contributed by atoms with van der Waals surface area (Å²) in [6, 6.07) is 3.80. The van der Waals surface area contributed by atoms with E-state index in [2.05, 4.69) is 11.8 Å². The summed E-state index contributed by atoms with van der Waals surface area (Å²) in [4.78, 5) is 35.5. The number of thioether (sulfide) groups is 1. The molecule has 2 aliphatic rings. The summed E-state index contributed by atoms with van der Waals surface area (Å²) in [6.45, 7) is 9.76. The third-order valence-electron chi connectivity index (χ3n) is 5.68. The number of aromatic nitrogens is 2. The van der Waals surface area contributed by atoms with E-state index in [1.165, 1.54) is 11.8 Å². The van der Waals surface area contributed by atoms with Crippen LogP contribution in [0.1, 0.15) is 44.7 Å². The number of rotatable bonds is 3. The molecule has 0 aromatic carbocycles. The van der Waals surface area contributed by atoms with Gasteiger partial charge in [-0.2, -0.15) is 0 Å². The first kappa shape index (κ1) is 21.1. The molecule has 0 bridgehead atoms. The molecule has 0 N–H and O–H groups in total. The third-order valence-corrected chi connectivity index (χ3v) is 7.01. The molecule has 30 heavy (non-hydrogen) atoms. The minimum atomic E-state index is -0.160. The molecule has 0 unspecified atom stereocenters. The molecule has 0 spiro atoms. The predicted molar refractivity (Wildman–Crippen MR) is 127 cm³/mol. The molecule has 158 valence electrons. The molecule has 2 aliphatic heterocycles. The lowest BCUT2D eigenvalue weighted by atomic mass is 9.99. The molecule has 4 heterocycles. The van der Waals surface area contributed by atoms with Gasteiger partial charge < -0.3 is 4.90 Å². The lowest BCUT2D eigenvalue weighted by Crippen LogP contribution is -2.36. The number of hydrogen-bond acceptors (Lipinski definition) is 6. The average Bonchev–Trinajstić information content (AvgIpc) is 2.98. The number of thiocarbonyl (C=S) groups is 1. The smallest absolute Gasteiger partial charge is 0.267 e. The Hall–Kier alpha value is -2.19. The van der Waals surface area contributed by atoms with Crippen LogP contribution in [0.3, 0.4) is 0 Å². The van der Waals surface area contributed by atoms with Gasteiger partial charge in [-0.25, -0.2) is 4.98 Å². The first-order valence-corrected chi connectivity index (χ1v) is 11.5. The van der Waals surface area contributed by atoms with Gasteiger partial charge in [0, 0.05) is 25.3 Å². The fraction of sp³-hybridized carbons (Fsp3) is 0.455. The van der Waals surface area contributed by atoms with Crippen molar-refractivity contribution >= 4 is 51.7 Å². The van der Waals surface area contributed by atoms with Gasteiger partial charge in [0.15, 0.2) is 0 Å². The molecule has 2 aromatic heterocycles. The van der Waals surface area contributed by atoms with Crippen LogP contribution < -0.4 is 10.5 Å². The van der Waals surface area contributed by atoms with E-state index in [0.29, 0.717) is 32.2 Å². The maximum absolute atomic E-state index is 13.5. The van der Waals surface area contributed by atoms with Crippen molar-refractivity contribution in [1.82, 2.24) is 14.3 Å². The molecule has 2 aromatic rings. The second kappa shape index (κ2) is 8.15. The van der Waals surface area contributed by atoms with Crippen LogP contribution in [-0.4, -0.2) is 43.6 Å². The quantitative estimate of drug-likeness (QED) is 0.532. The van der Waals surface area contributed by atoms with E-state index in [1.54, 1.807) is 21.6 Å². The van der Waals surface area contributed by atoms with E-state index in [-0.39, 0.29) is 17.5 Å². The molecule has 0 saturated carbocycles. The zero-order valence-electron chi connectivity index (χ0n) is 17.7. The lowest BCUT2D eigenvalue weighted by Gasteiger charge is -2.32. The fourth-order valence-corrected chi connectivity index (χ4v) is 5.40. The maximum Gasteiger partial charge on any atom is 0.267 e. The highest BCUT2D eigenvalue weighted by Crippen LogP contribution is 2.35. The number of carbonyl (C=O) groups excluding carboxylic acids is 1. The van der Waals surface area contributed by atoms with E-state index in [9.17, 15) is 9.59 Å². The zero-order valence-corrected chi connectivity index (χ0v) is 19.3. The SMILES string of the molecule is Cc1ccc2nc(N3CCC(C)CC3)c(/C=C3/SC(=S)N(C(C)C)C3=O)c(=O)n2c1. The van der Waals surface area contributed by atoms with Gasteiger partial charge in [0.25, 0.3) is 11.5 Å². The molecule has 0 atom stereocenters. The number of anilines is 1. The Morgan fingerprint density at radius 2 is 1.93 bits per heavy atom. The molecule has 0 radical (unpaired) electrons. The Balaban J connectivity index is 1.88. The number of piperidine rings is 1. The van der Waals surface area contributed by atoms with Crippen molar-refractivity contribution in [1.29, 1.82) is 0 Å². The highest BCUT2D eigenvalue weighted by atomic mass is 32.2. The maximum atomic E-state index is 13.5. The highest BCUT2D eigenvalue weighted by Gasteiger charge is 2.34. The Morgan fingerprint density at radius 1 is 1.23 bits per heavy atom. The first-order valence-electron chi connectivity index (χ1n) is 10.3. The first-order chi connectivity index (χ1) is 14.3. The van der Waals surface area contributed by atoms with Gasteiger partial charge in [-0.05, 0) is 57.2 Å². The van der Waals surface area contributed by atoms with Crippen LogP contribution in [-0.2, 0) is 4.79 Å². The van der Waals surface area contributed by atoms with E-state index < -0.39 is 0 Å². The number of nitrogens with zero attached hydrogens (tertiary/aromatic N) is 4. The number of pyridine rings is 1. The fourth-order valence-electron chi connectivity index (χ4n) is 3.89. The van der Waals surface area contributed by atoms with Gasteiger partial charge in [0.1, 0.15) is 15.8 Å². The van der Waals surface area contributed by atoms with Gasteiger partial charge in [-0.15, -0.1) is 0 Å². The van der Waals surface area contributed by atoms with Crippen LogP contribution >= 0.6 is 24.0 Å². The normalized spacial score (nSPS) is 19.7. The number of amides is 1. The number of fused-ring (bicyclic) bond motifs is 1. The molecular weight excluding hydrogens is 416 g/mol. The second-order valence-corrected chi connectivity index (χ2v) is 10.1. The van der Waals surface area contributed by atoms with Gasteiger partial charge in [-0.3, -0.25) is 18.9 Å². The molecule has 2 fully saturated rings. The lowest BCUT2D eigenvalue weighted by molar-refractivity contribution is -0.123. The summed E-state index contributed by atoms with van der Waals surface area (Å²) in [6.07, 6.45) is 5.61. The van der Waals surface area contributed by atoms with Crippen LogP contribution in [0.25, 0.3) is 11.7 Å². The standard InChI is InChI=1S/C22H26N4O2S2/c1-13(2)26-21(28)17(30-22(26)29)11-16-19(24-9-7-14(3)8-10-24)23-18-6-5-15(4)12-25(18)20(16)27/h5-6,11-14H,7-10H2,1-4H3/b17-11+. The van der Waals surface area contributed by atoms with Crippen molar-refractivity contribution in [3.05, 3.63) is 44.7 Å². The summed E-state index contributed by atoms with van der Waals surface area (Å²) in [5, 5.41) is 0. The number of hydrogen-bond donors (Lipinski definition) is 0. The van der Waals surface area contributed by atoms with Gasteiger partial charge in [0.05, 0.1) is 10.5 Å². The van der Waals surface area contributed by atoms with E-state index in [0.717, 1.165) is 31.5 Å². The summed E-state index contributed by atoms with van der Waals surface area (Å²) in [5.74, 6) is 1.17.